The highest BCUT2D eigenvalue weighted by molar-refractivity contribution is 7.13. The number of nitrogens with one attached hydrogen (secondary N) is 1. The van der Waals surface area contributed by atoms with Crippen molar-refractivity contribution in [1.82, 2.24) is 10.3 Å². The molecule has 1 heterocycles. The van der Waals surface area contributed by atoms with Crippen molar-refractivity contribution in [2.75, 3.05) is 14.2 Å². The molecule has 1 amide bonds. The summed E-state index contributed by atoms with van der Waals surface area (Å²) in [6, 6.07) is 5.83. The number of hydrogen-bond acceptors (Lipinski definition) is 5. The Morgan fingerprint density at radius 2 is 1.92 bits per heavy atom. The van der Waals surface area contributed by atoms with Crippen LogP contribution in [0.4, 0.5) is 0 Å². The SMILES string of the molecule is COc1ccc(-c2nc(CC(=O)NC(C)C(C)C)cs2)cc1OC. The topological polar surface area (TPSA) is 60.5 Å². The molecule has 0 bridgehead atoms. The van der Waals surface area contributed by atoms with Crippen molar-refractivity contribution in [2.45, 2.75) is 33.2 Å². The third kappa shape index (κ3) is 4.47. The predicted molar refractivity (Wildman–Crippen MR) is 96.8 cm³/mol. The molecule has 1 N–H and O–H groups in total. The van der Waals surface area contributed by atoms with Gasteiger partial charge in [-0.1, -0.05) is 13.8 Å². The zero-order chi connectivity index (χ0) is 17.7. The monoisotopic (exact) mass is 348 g/mol. The summed E-state index contributed by atoms with van der Waals surface area (Å²) in [7, 11) is 3.21. The van der Waals surface area contributed by atoms with E-state index in [4.69, 9.17) is 9.47 Å². The molecule has 5 nitrogen and oxygen atoms in total. The van der Waals surface area contributed by atoms with Crippen molar-refractivity contribution in [1.29, 1.82) is 0 Å². The van der Waals surface area contributed by atoms with Crippen molar-refractivity contribution >= 4 is 17.2 Å². The highest BCUT2D eigenvalue weighted by Crippen LogP contribution is 2.33. The first-order valence-corrected chi connectivity index (χ1v) is 8.78. The molecule has 130 valence electrons. The van der Waals surface area contributed by atoms with Crippen molar-refractivity contribution < 1.29 is 14.3 Å². The van der Waals surface area contributed by atoms with Gasteiger partial charge in [0.05, 0.1) is 26.3 Å². The molecule has 1 unspecified atom stereocenters. The van der Waals surface area contributed by atoms with Crippen LogP contribution in [0.5, 0.6) is 11.5 Å². The Hall–Kier alpha value is -2.08. The molecular formula is C18H24N2O3S. The Morgan fingerprint density at radius 3 is 2.54 bits per heavy atom. The van der Waals surface area contributed by atoms with Crippen molar-refractivity contribution in [3.8, 4) is 22.1 Å². The van der Waals surface area contributed by atoms with Crippen LogP contribution in [0.2, 0.25) is 0 Å². The minimum absolute atomic E-state index is 0.000335. The van der Waals surface area contributed by atoms with Gasteiger partial charge in [-0.05, 0) is 31.0 Å². The lowest BCUT2D eigenvalue weighted by Gasteiger charge is -2.16. The zero-order valence-electron chi connectivity index (χ0n) is 14.8. The van der Waals surface area contributed by atoms with Crippen LogP contribution in [0.1, 0.15) is 26.5 Å². The van der Waals surface area contributed by atoms with E-state index in [0.717, 1.165) is 16.3 Å². The van der Waals surface area contributed by atoms with Crippen LogP contribution in [0.15, 0.2) is 23.6 Å². The fourth-order valence-electron chi connectivity index (χ4n) is 2.13. The van der Waals surface area contributed by atoms with E-state index in [1.807, 2.05) is 30.5 Å². The molecule has 0 spiro atoms. The Kier molecular flexibility index (Phi) is 6.20. The molecule has 0 saturated heterocycles. The van der Waals surface area contributed by atoms with Gasteiger partial charge < -0.3 is 14.8 Å². The fourth-order valence-corrected chi connectivity index (χ4v) is 2.94. The number of methoxy groups -OCH3 is 2. The highest BCUT2D eigenvalue weighted by Gasteiger charge is 2.14. The molecule has 1 atom stereocenters. The number of benzene rings is 1. The molecule has 6 heteroatoms. The van der Waals surface area contributed by atoms with Gasteiger partial charge in [0.15, 0.2) is 11.5 Å². The molecule has 0 radical (unpaired) electrons. The summed E-state index contributed by atoms with van der Waals surface area (Å²) in [6.07, 6.45) is 0.293. The summed E-state index contributed by atoms with van der Waals surface area (Å²) in [5, 5.41) is 5.78. The van der Waals surface area contributed by atoms with Gasteiger partial charge >= 0.3 is 0 Å². The molecule has 24 heavy (non-hydrogen) atoms. The van der Waals surface area contributed by atoms with Crippen LogP contribution in [0, 0.1) is 5.92 Å². The molecule has 0 saturated carbocycles. The second-order valence-electron chi connectivity index (χ2n) is 5.99. The molecule has 2 rings (SSSR count). The van der Waals surface area contributed by atoms with Crippen LogP contribution in [0.3, 0.4) is 0 Å². The van der Waals surface area contributed by atoms with Gasteiger partial charge in [-0.15, -0.1) is 11.3 Å². The quantitative estimate of drug-likeness (QED) is 0.831. The number of nitrogens with zero attached hydrogens (tertiary/aromatic N) is 1. The lowest BCUT2D eigenvalue weighted by Crippen LogP contribution is -2.37. The van der Waals surface area contributed by atoms with E-state index in [-0.39, 0.29) is 11.9 Å². The van der Waals surface area contributed by atoms with Crippen LogP contribution < -0.4 is 14.8 Å². The average Bonchev–Trinajstić information content (AvgIpc) is 3.02. The zero-order valence-corrected chi connectivity index (χ0v) is 15.6. The lowest BCUT2D eigenvalue weighted by molar-refractivity contribution is -0.121. The minimum Gasteiger partial charge on any atom is -0.493 e. The Bertz CT molecular complexity index is 697. The van der Waals surface area contributed by atoms with Gasteiger partial charge in [-0.25, -0.2) is 4.98 Å². The van der Waals surface area contributed by atoms with Gasteiger partial charge in [0.25, 0.3) is 0 Å². The van der Waals surface area contributed by atoms with E-state index in [1.165, 1.54) is 11.3 Å². The average molecular weight is 348 g/mol. The predicted octanol–water partition coefficient (Wildman–Crippen LogP) is 3.53. The Balaban J connectivity index is 2.09. The number of carbonyl (C=O) groups excluding carboxylic acids is 1. The molecular weight excluding hydrogens is 324 g/mol. The first kappa shape index (κ1) is 18.3. The molecule has 0 aliphatic rings. The number of rotatable bonds is 7. The summed E-state index contributed by atoms with van der Waals surface area (Å²) < 4.78 is 10.6. The second kappa shape index (κ2) is 8.15. The number of thiazole rings is 1. The van der Waals surface area contributed by atoms with E-state index in [1.54, 1.807) is 14.2 Å². The summed E-state index contributed by atoms with van der Waals surface area (Å²) in [5.41, 5.74) is 1.72. The maximum atomic E-state index is 12.1. The maximum Gasteiger partial charge on any atom is 0.226 e. The Labute approximate surface area is 147 Å². The van der Waals surface area contributed by atoms with Gasteiger partial charge in [-0.2, -0.15) is 0 Å². The molecule has 1 aromatic carbocycles. The van der Waals surface area contributed by atoms with Gasteiger partial charge in [0, 0.05) is 17.0 Å². The number of hydrogen-bond donors (Lipinski definition) is 1. The fraction of sp³-hybridized carbons (Fsp3) is 0.444. The van der Waals surface area contributed by atoms with Gasteiger partial charge in [-0.3, -0.25) is 4.79 Å². The largest absolute Gasteiger partial charge is 0.493 e. The van der Waals surface area contributed by atoms with Gasteiger partial charge in [0.2, 0.25) is 5.91 Å². The molecule has 2 aromatic rings. The number of ether oxygens (including phenoxy) is 2. The first-order valence-electron chi connectivity index (χ1n) is 7.90. The lowest BCUT2D eigenvalue weighted by atomic mass is 10.1. The first-order chi connectivity index (χ1) is 11.4. The highest BCUT2D eigenvalue weighted by atomic mass is 32.1. The minimum atomic E-state index is 0.000335. The number of amides is 1. The van der Waals surface area contributed by atoms with E-state index in [9.17, 15) is 4.79 Å². The number of aromatic nitrogens is 1. The third-order valence-electron chi connectivity index (χ3n) is 3.91. The Morgan fingerprint density at radius 1 is 1.21 bits per heavy atom. The van der Waals surface area contributed by atoms with Crippen LogP contribution >= 0.6 is 11.3 Å². The van der Waals surface area contributed by atoms with E-state index >= 15 is 0 Å². The van der Waals surface area contributed by atoms with Crippen LogP contribution in [0.25, 0.3) is 10.6 Å². The smallest absolute Gasteiger partial charge is 0.226 e. The van der Waals surface area contributed by atoms with Crippen molar-refractivity contribution in [2.24, 2.45) is 5.92 Å². The van der Waals surface area contributed by atoms with Crippen molar-refractivity contribution in [3.05, 3.63) is 29.3 Å². The van der Waals surface area contributed by atoms with Gasteiger partial charge in [0.1, 0.15) is 5.01 Å². The molecule has 0 aliphatic heterocycles. The molecule has 1 aromatic heterocycles. The summed E-state index contributed by atoms with van der Waals surface area (Å²) in [4.78, 5) is 16.6. The second-order valence-corrected chi connectivity index (χ2v) is 6.85. The maximum absolute atomic E-state index is 12.1. The van der Waals surface area contributed by atoms with E-state index in [2.05, 4.69) is 24.1 Å². The summed E-state index contributed by atoms with van der Waals surface area (Å²) in [5.74, 6) is 1.75. The number of carbonyl (C=O) groups is 1. The van der Waals surface area contributed by atoms with E-state index < -0.39 is 0 Å². The van der Waals surface area contributed by atoms with E-state index in [0.29, 0.717) is 23.8 Å². The standard InChI is InChI=1S/C18H24N2O3S/c1-11(2)12(3)19-17(21)9-14-10-24-18(20-14)13-6-7-15(22-4)16(8-13)23-5/h6-8,10-12H,9H2,1-5H3,(H,19,21). The summed E-state index contributed by atoms with van der Waals surface area (Å²) in [6.45, 7) is 6.19. The van der Waals surface area contributed by atoms with Crippen molar-refractivity contribution in [3.63, 3.8) is 0 Å². The van der Waals surface area contributed by atoms with Crippen LogP contribution in [-0.2, 0) is 11.2 Å². The van der Waals surface area contributed by atoms with Crippen LogP contribution in [-0.4, -0.2) is 31.2 Å². The third-order valence-corrected chi connectivity index (χ3v) is 4.85. The molecule has 0 fully saturated rings. The normalized spacial score (nSPS) is 12.1. The summed E-state index contributed by atoms with van der Waals surface area (Å²) >= 11 is 1.51. The molecule has 0 aliphatic carbocycles.